The van der Waals surface area contributed by atoms with E-state index in [0.717, 1.165) is 44.9 Å². The molecule has 3 nitrogen and oxygen atoms in total. The first kappa shape index (κ1) is 23.9. The normalized spacial score (nSPS) is 54.4. The summed E-state index contributed by atoms with van der Waals surface area (Å²) in [6, 6.07) is 0. The molecule has 0 aromatic rings. The Morgan fingerprint density at radius 3 is 2.15 bits per heavy atom. The summed E-state index contributed by atoms with van der Waals surface area (Å²) in [5.74, 6) is 1.09. The molecule has 0 aromatic heterocycles. The average molecular weight is 457 g/mol. The SMILES string of the molecule is CC1(C)CC[C@]2(C(=O)O)CC[C@]3(C)C(C=C[C@@H]4[C@@]5(C)CC[C@H](O)C(C)(C)[C@@H]5CC[C@]43C)[C@@H]2C1. The van der Waals surface area contributed by atoms with Crippen molar-refractivity contribution in [2.24, 2.45) is 56.2 Å². The summed E-state index contributed by atoms with van der Waals surface area (Å²) in [5, 5.41) is 21.4. The Labute approximate surface area is 201 Å². The fourth-order valence-corrected chi connectivity index (χ4v) is 10.7. The standard InChI is InChI=1S/C30H48O3/c1-25(2)14-16-30(24(32)33)17-15-28(6)19(20(30)18-25)8-9-22-27(5)12-11-23(31)26(3,4)21(27)10-13-29(22,28)7/h8-9,19-23,31H,10-18H2,1-7H3,(H,32,33)/t19?,20-,21-,22+,23-,27-,28+,29+,30-/m0/s1. The third kappa shape index (κ3) is 2.87. The smallest absolute Gasteiger partial charge is 0.309 e. The van der Waals surface area contributed by atoms with Crippen LogP contribution in [0.1, 0.15) is 106 Å². The van der Waals surface area contributed by atoms with Crippen LogP contribution in [0.5, 0.6) is 0 Å². The summed E-state index contributed by atoms with van der Waals surface area (Å²) >= 11 is 0. The minimum absolute atomic E-state index is 0.0433. The largest absolute Gasteiger partial charge is 0.481 e. The summed E-state index contributed by atoms with van der Waals surface area (Å²) in [6.45, 7) is 16.9. The highest BCUT2D eigenvalue weighted by atomic mass is 16.4. The lowest BCUT2D eigenvalue weighted by Gasteiger charge is -2.71. The molecule has 0 aliphatic heterocycles. The summed E-state index contributed by atoms with van der Waals surface area (Å²) in [5.41, 5.74) is 0.164. The lowest BCUT2D eigenvalue weighted by atomic mass is 9.33. The number of carboxylic acids is 1. The summed E-state index contributed by atoms with van der Waals surface area (Å²) in [6.07, 6.45) is 14.0. The van der Waals surface area contributed by atoms with Gasteiger partial charge in [-0.1, -0.05) is 60.6 Å². The lowest BCUT2D eigenvalue weighted by molar-refractivity contribution is -0.221. The molecule has 4 fully saturated rings. The van der Waals surface area contributed by atoms with Crippen LogP contribution in [0.15, 0.2) is 12.2 Å². The second-order valence-corrected chi connectivity index (χ2v) is 15.1. The molecule has 2 N–H and O–H groups in total. The predicted molar refractivity (Wildman–Crippen MR) is 133 cm³/mol. The first-order chi connectivity index (χ1) is 15.1. The van der Waals surface area contributed by atoms with Gasteiger partial charge in [0.1, 0.15) is 0 Å². The summed E-state index contributed by atoms with van der Waals surface area (Å²) in [7, 11) is 0. The zero-order valence-electron chi connectivity index (χ0n) is 22.2. The predicted octanol–water partition coefficient (Wildman–Crippen LogP) is 7.09. The number of aliphatic carboxylic acids is 1. The molecule has 5 aliphatic carbocycles. The van der Waals surface area contributed by atoms with E-state index in [1.54, 1.807) is 0 Å². The second-order valence-electron chi connectivity index (χ2n) is 15.1. The highest BCUT2D eigenvalue weighted by Crippen LogP contribution is 2.75. The molecule has 4 saturated carbocycles. The van der Waals surface area contributed by atoms with Crippen LogP contribution >= 0.6 is 0 Å². The van der Waals surface area contributed by atoms with Crippen molar-refractivity contribution in [1.29, 1.82) is 0 Å². The molecule has 5 aliphatic rings. The molecule has 5 rings (SSSR count). The maximum Gasteiger partial charge on any atom is 0.309 e. The Hall–Kier alpha value is -0.830. The number of rotatable bonds is 1. The highest BCUT2D eigenvalue weighted by molar-refractivity contribution is 5.75. The van der Waals surface area contributed by atoms with E-state index in [9.17, 15) is 15.0 Å². The van der Waals surface area contributed by atoms with E-state index in [4.69, 9.17) is 0 Å². The van der Waals surface area contributed by atoms with Crippen molar-refractivity contribution in [3.63, 3.8) is 0 Å². The Balaban J connectivity index is 1.60. The maximum atomic E-state index is 12.8. The Morgan fingerprint density at radius 1 is 0.818 bits per heavy atom. The van der Waals surface area contributed by atoms with Crippen molar-refractivity contribution in [1.82, 2.24) is 0 Å². The third-order valence-corrected chi connectivity index (χ3v) is 13.1. The van der Waals surface area contributed by atoms with E-state index >= 15 is 0 Å². The number of carbonyl (C=O) groups is 1. The topological polar surface area (TPSA) is 57.5 Å². The molecule has 0 aromatic carbocycles. The van der Waals surface area contributed by atoms with Gasteiger partial charge >= 0.3 is 5.97 Å². The lowest BCUT2D eigenvalue weighted by Crippen LogP contribution is -2.66. The first-order valence-corrected chi connectivity index (χ1v) is 13.7. The number of allylic oxidation sites excluding steroid dienone is 2. The van der Waals surface area contributed by atoms with Crippen LogP contribution < -0.4 is 0 Å². The monoisotopic (exact) mass is 456 g/mol. The van der Waals surface area contributed by atoms with E-state index < -0.39 is 11.4 Å². The quantitative estimate of drug-likeness (QED) is 0.414. The van der Waals surface area contributed by atoms with Gasteiger partial charge in [0.25, 0.3) is 0 Å². The molecule has 0 saturated heterocycles. The number of fused-ring (bicyclic) bond motifs is 7. The highest BCUT2D eigenvalue weighted by Gasteiger charge is 2.70. The van der Waals surface area contributed by atoms with E-state index in [1.165, 1.54) is 12.8 Å². The molecule has 186 valence electrons. The van der Waals surface area contributed by atoms with Crippen LogP contribution in [0.2, 0.25) is 0 Å². The minimum atomic E-state index is -0.538. The Kier molecular flexibility index (Phi) is 4.99. The molecule has 0 radical (unpaired) electrons. The van der Waals surface area contributed by atoms with Crippen LogP contribution in [0, 0.1) is 56.2 Å². The van der Waals surface area contributed by atoms with Crippen molar-refractivity contribution in [2.75, 3.05) is 0 Å². The van der Waals surface area contributed by atoms with E-state index in [1.807, 2.05) is 0 Å². The van der Waals surface area contributed by atoms with Crippen LogP contribution in [-0.2, 0) is 4.79 Å². The molecule has 0 amide bonds. The zero-order valence-corrected chi connectivity index (χ0v) is 22.2. The van der Waals surface area contributed by atoms with Gasteiger partial charge in [0.15, 0.2) is 0 Å². The van der Waals surface area contributed by atoms with Gasteiger partial charge in [-0.05, 0) is 109 Å². The van der Waals surface area contributed by atoms with Crippen molar-refractivity contribution in [2.45, 2.75) is 112 Å². The average Bonchev–Trinajstić information content (AvgIpc) is 2.71. The summed E-state index contributed by atoms with van der Waals surface area (Å²) < 4.78 is 0. The number of aliphatic hydroxyl groups is 1. The van der Waals surface area contributed by atoms with Crippen molar-refractivity contribution in [3.8, 4) is 0 Å². The fraction of sp³-hybridized carbons (Fsp3) is 0.900. The van der Waals surface area contributed by atoms with Crippen LogP contribution in [0.25, 0.3) is 0 Å². The maximum absolute atomic E-state index is 12.8. The van der Waals surface area contributed by atoms with Crippen LogP contribution in [-0.4, -0.2) is 22.3 Å². The molecular weight excluding hydrogens is 408 g/mol. The second kappa shape index (κ2) is 6.89. The molecule has 0 spiro atoms. The van der Waals surface area contributed by atoms with Gasteiger partial charge in [-0.25, -0.2) is 0 Å². The first-order valence-electron chi connectivity index (χ1n) is 13.7. The van der Waals surface area contributed by atoms with Gasteiger partial charge in [-0.3, -0.25) is 4.79 Å². The zero-order chi connectivity index (χ0) is 24.2. The number of hydrogen-bond donors (Lipinski definition) is 2. The number of aliphatic hydroxyl groups excluding tert-OH is 1. The van der Waals surface area contributed by atoms with Gasteiger partial charge in [-0.2, -0.15) is 0 Å². The van der Waals surface area contributed by atoms with Gasteiger partial charge < -0.3 is 10.2 Å². The molecule has 3 heteroatoms. The molecule has 9 atom stereocenters. The van der Waals surface area contributed by atoms with E-state index in [0.29, 0.717) is 17.8 Å². The molecule has 33 heavy (non-hydrogen) atoms. The summed E-state index contributed by atoms with van der Waals surface area (Å²) in [4.78, 5) is 12.8. The van der Waals surface area contributed by atoms with Gasteiger partial charge in [0, 0.05) is 0 Å². The number of carboxylic acid groups (broad SMARTS) is 1. The van der Waals surface area contributed by atoms with Crippen molar-refractivity contribution >= 4 is 5.97 Å². The molecule has 1 unspecified atom stereocenters. The molecule has 0 heterocycles. The van der Waals surface area contributed by atoms with Gasteiger partial charge in [0.05, 0.1) is 11.5 Å². The van der Waals surface area contributed by atoms with Crippen molar-refractivity contribution < 1.29 is 15.0 Å². The number of hydrogen-bond acceptors (Lipinski definition) is 2. The molecule has 0 bridgehead atoms. The Morgan fingerprint density at radius 2 is 1.48 bits per heavy atom. The van der Waals surface area contributed by atoms with Crippen LogP contribution in [0.4, 0.5) is 0 Å². The van der Waals surface area contributed by atoms with E-state index in [2.05, 4.69) is 60.6 Å². The van der Waals surface area contributed by atoms with Crippen LogP contribution in [0.3, 0.4) is 0 Å². The van der Waals surface area contributed by atoms with Crippen molar-refractivity contribution in [3.05, 3.63) is 12.2 Å². The van der Waals surface area contributed by atoms with Gasteiger partial charge in [-0.15, -0.1) is 0 Å². The van der Waals surface area contributed by atoms with E-state index in [-0.39, 0.29) is 39.1 Å². The Bertz CT molecular complexity index is 872. The third-order valence-electron chi connectivity index (χ3n) is 13.1. The molecular formula is C30H48O3. The van der Waals surface area contributed by atoms with Gasteiger partial charge in [0.2, 0.25) is 0 Å². The fourth-order valence-electron chi connectivity index (χ4n) is 10.7. The minimum Gasteiger partial charge on any atom is -0.481 e.